The van der Waals surface area contributed by atoms with Gasteiger partial charge in [0.1, 0.15) is 21.3 Å². The van der Waals surface area contributed by atoms with Crippen LogP contribution in [0.15, 0.2) is 36.4 Å². The van der Waals surface area contributed by atoms with Crippen LogP contribution in [-0.2, 0) is 9.84 Å². The van der Waals surface area contributed by atoms with E-state index in [1.165, 1.54) is 6.26 Å². The third-order valence-corrected chi connectivity index (χ3v) is 5.58. The maximum absolute atomic E-state index is 11.8. The van der Waals surface area contributed by atoms with Crippen LogP contribution in [-0.4, -0.2) is 33.6 Å². The molecule has 0 aliphatic carbocycles. The molecule has 148 valence electrons. The fourth-order valence-electron chi connectivity index (χ4n) is 3.15. The van der Waals surface area contributed by atoms with Gasteiger partial charge in [-0.25, -0.2) is 8.42 Å². The van der Waals surface area contributed by atoms with E-state index in [-0.39, 0.29) is 11.7 Å². The maximum atomic E-state index is 11.8. The smallest absolute Gasteiger partial charge is 0.147 e. The quantitative estimate of drug-likeness (QED) is 0.624. The van der Waals surface area contributed by atoms with Crippen molar-refractivity contribution in [3.05, 3.63) is 58.7 Å². The van der Waals surface area contributed by atoms with Gasteiger partial charge in [-0.05, 0) is 68.5 Å². The summed E-state index contributed by atoms with van der Waals surface area (Å²) in [4.78, 5) is 0. The second-order valence-corrected chi connectivity index (χ2v) is 9.15. The lowest BCUT2D eigenvalue weighted by molar-refractivity contribution is 0.337. The van der Waals surface area contributed by atoms with Crippen molar-refractivity contribution in [1.29, 1.82) is 0 Å². The van der Waals surface area contributed by atoms with Gasteiger partial charge in [-0.3, -0.25) is 0 Å². The standard InChI is InChI=1S/C22H30O4S/c1-6-25-21-14-18(10-8-16(21)3)20(12-13-27(5,23)24)19-11-9-17(4)22(15-19)26-7-2/h8-11,14-15,20H,6-7,12-13H2,1-5H3. The molecule has 0 heterocycles. The van der Waals surface area contributed by atoms with Crippen LogP contribution in [0.5, 0.6) is 11.5 Å². The first-order valence-corrected chi connectivity index (χ1v) is 11.5. The summed E-state index contributed by atoms with van der Waals surface area (Å²) in [5.41, 5.74) is 4.25. The van der Waals surface area contributed by atoms with Gasteiger partial charge in [-0.2, -0.15) is 0 Å². The number of aryl methyl sites for hydroxylation is 2. The number of ether oxygens (including phenoxy) is 2. The minimum Gasteiger partial charge on any atom is -0.494 e. The second kappa shape index (κ2) is 9.27. The first kappa shape index (κ1) is 21.3. The Morgan fingerprint density at radius 2 is 1.30 bits per heavy atom. The number of hydrogen-bond acceptors (Lipinski definition) is 4. The van der Waals surface area contributed by atoms with E-state index in [0.717, 1.165) is 33.8 Å². The Kier molecular flexibility index (Phi) is 7.31. The predicted octanol–water partition coefficient (Wildman–Crippen LogP) is 4.67. The molecule has 0 fully saturated rings. The molecular formula is C22H30O4S. The van der Waals surface area contributed by atoms with Crippen LogP contribution in [0.3, 0.4) is 0 Å². The third-order valence-electron chi connectivity index (χ3n) is 4.61. The van der Waals surface area contributed by atoms with Crippen LogP contribution in [0.2, 0.25) is 0 Å². The highest BCUT2D eigenvalue weighted by Crippen LogP contribution is 2.34. The third kappa shape index (κ3) is 5.99. The number of benzene rings is 2. The van der Waals surface area contributed by atoms with Crippen molar-refractivity contribution >= 4 is 9.84 Å². The summed E-state index contributed by atoms with van der Waals surface area (Å²) in [5, 5.41) is 0. The Balaban J connectivity index is 2.48. The molecule has 0 aromatic heterocycles. The zero-order valence-corrected chi connectivity index (χ0v) is 17.7. The minimum absolute atomic E-state index is 0.0423. The Morgan fingerprint density at radius 3 is 1.67 bits per heavy atom. The van der Waals surface area contributed by atoms with E-state index in [4.69, 9.17) is 9.47 Å². The fraction of sp³-hybridized carbons (Fsp3) is 0.455. The summed E-state index contributed by atoms with van der Waals surface area (Å²) < 4.78 is 35.1. The van der Waals surface area contributed by atoms with Gasteiger partial charge in [-0.15, -0.1) is 0 Å². The van der Waals surface area contributed by atoms with Crippen molar-refractivity contribution in [2.24, 2.45) is 0 Å². The molecular weight excluding hydrogens is 360 g/mol. The average Bonchev–Trinajstić information content (AvgIpc) is 2.60. The van der Waals surface area contributed by atoms with Gasteiger partial charge in [0.05, 0.1) is 19.0 Å². The molecule has 0 atom stereocenters. The van der Waals surface area contributed by atoms with Gasteiger partial charge in [0, 0.05) is 12.2 Å². The van der Waals surface area contributed by atoms with E-state index < -0.39 is 9.84 Å². The van der Waals surface area contributed by atoms with Gasteiger partial charge in [0.2, 0.25) is 0 Å². The second-order valence-electron chi connectivity index (χ2n) is 6.89. The molecule has 27 heavy (non-hydrogen) atoms. The minimum atomic E-state index is -3.05. The van der Waals surface area contributed by atoms with E-state index >= 15 is 0 Å². The molecule has 0 saturated carbocycles. The molecule has 4 nitrogen and oxygen atoms in total. The Morgan fingerprint density at radius 1 is 0.852 bits per heavy atom. The zero-order valence-electron chi connectivity index (χ0n) is 16.9. The van der Waals surface area contributed by atoms with E-state index in [1.807, 2.05) is 52.0 Å². The highest BCUT2D eigenvalue weighted by Gasteiger charge is 2.19. The summed E-state index contributed by atoms with van der Waals surface area (Å²) >= 11 is 0. The lowest BCUT2D eigenvalue weighted by atomic mass is 9.88. The lowest BCUT2D eigenvalue weighted by Crippen LogP contribution is -2.11. The summed E-state index contributed by atoms with van der Waals surface area (Å²) in [5.74, 6) is 1.78. The van der Waals surface area contributed by atoms with Gasteiger partial charge in [0.15, 0.2) is 0 Å². The van der Waals surface area contributed by atoms with Gasteiger partial charge >= 0.3 is 0 Å². The van der Waals surface area contributed by atoms with Crippen LogP contribution in [0.1, 0.15) is 48.4 Å². The largest absolute Gasteiger partial charge is 0.494 e. The zero-order chi connectivity index (χ0) is 20.0. The van der Waals surface area contributed by atoms with Gasteiger partial charge in [-0.1, -0.05) is 24.3 Å². The van der Waals surface area contributed by atoms with Crippen LogP contribution < -0.4 is 9.47 Å². The number of hydrogen-bond donors (Lipinski definition) is 0. The first-order chi connectivity index (χ1) is 12.7. The summed E-state index contributed by atoms with van der Waals surface area (Å²) in [6.07, 6.45) is 1.80. The number of rotatable bonds is 9. The van der Waals surface area contributed by atoms with Crippen LogP contribution in [0, 0.1) is 13.8 Å². The molecule has 2 aromatic carbocycles. The van der Waals surface area contributed by atoms with Gasteiger partial charge in [0.25, 0.3) is 0 Å². The number of sulfone groups is 1. The molecule has 0 aliphatic rings. The van der Waals surface area contributed by atoms with Crippen molar-refractivity contribution in [3.63, 3.8) is 0 Å². The van der Waals surface area contributed by atoms with Gasteiger partial charge < -0.3 is 9.47 Å². The van der Waals surface area contributed by atoms with Crippen LogP contribution >= 0.6 is 0 Å². The maximum Gasteiger partial charge on any atom is 0.147 e. The molecule has 0 radical (unpaired) electrons. The molecule has 2 aromatic rings. The topological polar surface area (TPSA) is 52.6 Å². The van der Waals surface area contributed by atoms with E-state index in [9.17, 15) is 8.42 Å². The molecule has 0 bridgehead atoms. The molecule has 0 unspecified atom stereocenters. The highest BCUT2D eigenvalue weighted by atomic mass is 32.2. The molecule has 5 heteroatoms. The lowest BCUT2D eigenvalue weighted by Gasteiger charge is -2.21. The Bertz CT molecular complexity index is 816. The first-order valence-electron chi connectivity index (χ1n) is 9.39. The van der Waals surface area contributed by atoms with E-state index in [2.05, 4.69) is 12.1 Å². The summed E-state index contributed by atoms with van der Waals surface area (Å²) in [6.45, 7) is 9.14. The van der Waals surface area contributed by atoms with Crippen molar-refractivity contribution in [1.82, 2.24) is 0 Å². The molecule has 0 amide bonds. The van der Waals surface area contributed by atoms with E-state index in [0.29, 0.717) is 19.6 Å². The Labute approximate surface area is 163 Å². The summed E-state index contributed by atoms with van der Waals surface area (Å²) in [7, 11) is -3.05. The molecule has 0 aliphatic heterocycles. The fourth-order valence-corrected chi connectivity index (χ4v) is 3.81. The molecule has 0 saturated heterocycles. The average molecular weight is 391 g/mol. The molecule has 0 spiro atoms. The van der Waals surface area contributed by atoms with E-state index in [1.54, 1.807) is 0 Å². The molecule has 2 rings (SSSR count). The van der Waals surface area contributed by atoms with Crippen LogP contribution in [0.4, 0.5) is 0 Å². The predicted molar refractivity (Wildman–Crippen MR) is 111 cm³/mol. The van der Waals surface area contributed by atoms with Crippen molar-refractivity contribution in [2.75, 3.05) is 25.2 Å². The molecule has 0 N–H and O–H groups in total. The van der Waals surface area contributed by atoms with Crippen LogP contribution in [0.25, 0.3) is 0 Å². The highest BCUT2D eigenvalue weighted by molar-refractivity contribution is 7.90. The SMILES string of the molecule is CCOc1cc(C(CCS(C)(=O)=O)c2ccc(C)c(OCC)c2)ccc1C. The Hall–Kier alpha value is -2.01. The summed E-state index contributed by atoms with van der Waals surface area (Å²) in [6, 6.07) is 12.3. The van der Waals surface area contributed by atoms with Crippen molar-refractivity contribution in [2.45, 2.75) is 40.0 Å². The normalized spacial score (nSPS) is 11.6. The van der Waals surface area contributed by atoms with Crippen molar-refractivity contribution < 1.29 is 17.9 Å². The van der Waals surface area contributed by atoms with Crippen molar-refractivity contribution in [3.8, 4) is 11.5 Å². The monoisotopic (exact) mass is 390 g/mol.